The summed E-state index contributed by atoms with van der Waals surface area (Å²) in [7, 11) is 3.90. The first-order chi connectivity index (χ1) is 9.10. The first-order valence-electron chi connectivity index (χ1n) is 6.50. The van der Waals surface area contributed by atoms with Gasteiger partial charge in [0.05, 0.1) is 0 Å². The van der Waals surface area contributed by atoms with Crippen LogP contribution in [0.25, 0.3) is 0 Å². The highest BCUT2D eigenvalue weighted by Crippen LogP contribution is 2.20. The number of aromatic nitrogens is 2. The van der Waals surface area contributed by atoms with Gasteiger partial charge in [-0.2, -0.15) is 0 Å². The van der Waals surface area contributed by atoms with Gasteiger partial charge in [0.25, 0.3) is 0 Å². The average molecular weight is 261 g/mol. The molecule has 0 radical (unpaired) electrons. The Morgan fingerprint density at radius 3 is 2.74 bits per heavy atom. The normalized spacial score (nSPS) is 12.6. The van der Waals surface area contributed by atoms with Crippen LogP contribution in [0.3, 0.4) is 0 Å². The van der Waals surface area contributed by atoms with Gasteiger partial charge >= 0.3 is 0 Å². The predicted molar refractivity (Wildman–Crippen MR) is 74.5 cm³/mol. The van der Waals surface area contributed by atoms with Gasteiger partial charge in [0.15, 0.2) is 0 Å². The number of aryl methyl sites for hydroxylation is 3. The smallest absolute Gasteiger partial charge is 0.123 e. The Bertz CT molecular complexity index is 528. The summed E-state index contributed by atoms with van der Waals surface area (Å²) in [6, 6.07) is 5.33. The van der Waals surface area contributed by atoms with Gasteiger partial charge in [0, 0.05) is 31.9 Å². The zero-order chi connectivity index (χ0) is 13.8. The molecule has 4 heteroatoms. The van der Waals surface area contributed by atoms with Crippen molar-refractivity contribution in [3.05, 3.63) is 53.4 Å². The average Bonchev–Trinajstić information content (AvgIpc) is 2.75. The number of nitrogens with one attached hydrogen (secondary N) is 1. The molecule has 0 fully saturated rings. The number of hydrogen-bond acceptors (Lipinski definition) is 2. The molecule has 0 saturated heterocycles. The second-order valence-electron chi connectivity index (χ2n) is 4.90. The highest BCUT2D eigenvalue weighted by Gasteiger charge is 2.12. The summed E-state index contributed by atoms with van der Waals surface area (Å²) < 4.78 is 15.5. The van der Waals surface area contributed by atoms with E-state index in [1.54, 1.807) is 18.3 Å². The molecule has 1 N–H and O–H groups in total. The van der Waals surface area contributed by atoms with Gasteiger partial charge in [0.2, 0.25) is 0 Å². The lowest BCUT2D eigenvalue weighted by Crippen LogP contribution is -2.18. The van der Waals surface area contributed by atoms with Crippen molar-refractivity contribution in [1.82, 2.24) is 14.9 Å². The van der Waals surface area contributed by atoms with E-state index in [1.165, 1.54) is 0 Å². The topological polar surface area (TPSA) is 29.9 Å². The van der Waals surface area contributed by atoms with Crippen molar-refractivity contribution in [2.75, 3.05) is 7.05 Å². The monoisotopic (exact) mass is 261 g/mol. The molecule has 0 aliphatic carbocycles. The molecule has 0 bridgehead atoms. The Hall–Kier alpha value is -1.68. The SMILES string of the molecule is CNC(CCc1nccn1C)c1cc(C)cc(F)c1. The molecule has 0 saturated carbocycles. The van der Waals surface area contributed by atoms with Gasteiger partial charge in [-0.15, -0.1) is 0 Å². The largest absolute Gasteiger partial charge is 0.338 e. The lowest BCUT2D eigenvalue weighted by atomic mass is 10.00. The predicted octanol–water partition coefficient (Wildman–Crippen LogP) is 2.76. The molecule has 3 nitrogen and oxygen atoms in total. The second-order valence-corrected chi connectivity index (χ2v) is 4.90. The molecule has 0 aliphatic heterocycles. The third-order valence-electron chi connectivity index (χ3n) is 3.39. The van der Waals surface area contributed by atoms with E-state index in [-0.39, 0.29) is 11.9 Å². The van der Waals surface area contributed by atoms with Gasteiger partial charge in [-0.3, -0.25) is 0 Å². The number of halogens is 1. The second kappa shape index (κ2) is 5.97. The third kappa shape index (κ3) is 3.41. The summed E-state index contributed by atoms with van der Waals surface area (Å²) in [6.45, 7) is 1.91. The molecule has 2 aromatic rings. The van der Waals surface area contributed by atoms with E-state index in [4.69, 9.17) is 0 Å². The molecule has 102 valence electrons. The van der Waals surface area contributed by atoms with Gasteiger partial charge in [0.1, 0.15) is 11.6 Å². The number of imidazole rings is 1. The van der Waals surface area contributed by atoms with Crippen molar-refractivity contribution < 1.29 is 4.39 Å². The van der Waals surface area contributed by atoms with Crippen LogP contribution in [0.2, 0.25) is 0 Å². The van der Waals surface area contributed by atoms with Crippen LogP contribution in [0.5, 0.6) is 0 Å². The lowest BCUT2D eigenvalue weighted by Gasteiger charge is -2.17. The van der Waals surface area contributed by atoms with Crippen LogP contribution in [0, 0.1) is 12.7 Å². The van der Waals surface area contributed by atoms with Crippen LogP contribution < -0.4 is 5.32 Å². The highest BCUT2D eigenvalue weighted by molar-refractivity contribution is 5.26. The number of benzene rings is 1. The quantitative estimate of drug-likeness (QED) is 0.897. The summed E-state index contributed by atoms with van der Waals surface area (Å²) in [5.41, 5.74) is 1.95. The van der Waals surface area contributed by atoms with Crippen molar-refractivity contribution in [3.63, 3.8) is 0 Å². The Morgan fingerprint density at radius 2 is 2.16 bits per heavy atom. The van der Waals surface area contributed by atoms with E-state index in [2.05, 4.69) is 10.3 Å². The fraction of sp³-hybridized carbons (Fsp3) is 0.400. The molecular weight excluding hydrogens is 241 g/mol. The summed E-state index contributed by atoms with van der Waals surface area (Å²) in [5, 5.41) is 3.25. The summed E-state index contributed by atoms with van der Waals surface area (Å²) in [6.07, 6.45) is 5.50. The van der Waals surface area contributed by atoms with E-state index in [9.17, 15) is 4.39 Å². The van der Waals surface area contributed by atoms with Crippen molar-refractivity contribution >= 4 is 0 Å². The Morgan fingerprint density at radius 1 is 1.37 bits per heavy atom. The molecule has 0 amide bonds. The van der Waals surface area contributed by atoms with Gasteiger partial charge in [-0.05, 0) is 43.7 Å². The maximum Gasteiger partial charge on any atom is 0.123 e. The molecule has 2 rings (SSSR count). The minimum Gasteiger partial charge on any atom is -0.338 e. The van der Waals surface area contributed by atoms with E-state index in [0.717, 1.165) is 29.8 Å². The molecule has 1 aromatic carbocycles. The third-order valence-corrected chi connectivity index (χ3v) is 3.39. The van der Waals surface area contributed by atoms with Gasteiger partial charge in [-0.1, -0.05) is 6.07 Å². The number of hydrogen-bond donors (Lipinski definition) is 1. The van der Waals surface area contributed by atoms with E-state index in [1.807, 2.05) is 37.8 Å². The Balaban J connectivity index is 2.09. The minimum absolute atomic E-state index is 0.145. The number of rotatable bonds is 5. The first kappa shape index (κ1) is 13.7. The van der Waals surface area contributed by atoms with Crippen molar-refractivity contribution in [2.45, 2.75) is 25.8 Å². The summed E-state index contributed by atoms with van der Waals surface area (Å²) in [5.74, 6) is 0.876. The van der Waals surface area contributed by atoms with E-state index >= 15 is 0 Å². The highest BCUT2D eigenvalue weighted by atomic mass is 19.1. The van der Waals surface area contributed by atoms with Crippen LogP contribution in [-0.4, -0.2) is 16.6 Å². The van der Waals surface area contributed by atoms with Crippen LogP contribution in [0.4, 0.5) is 4.39 Å². The van der Waals surface area contributed by atoms with Crippen molar-refractivity contribution in [2.24, 2.45) is 7.05 Å². The van der Waals surface area contributed by atoms with E-state index in [0.29, 0.717) is 0 Å². The van der Waals surface area contributed by atoms with Gasteiger partial charge in [-0.25, -0.2) is 9.37 Å². The fourth-order valence-corrected chi connectivity index (χ4v) is 2.35. The maximum absolute atomic E-state index is 13.5. The minimum atomic E-state index is -0.174. The zero-order valence-corrected chi connectivity index (χ0v) is 11.7. The number of nitrogens with zero attached hydrogens (tertiary/aromatic N) is 2. The van der Waals surface area contributed by atoms with Crippen LogP contribution in [0.15, 0.2) is 30.6 Å². The van der Waals surface area contributed by atoms with E-state index < -0.39 is 0 Å². The maximum atomic E-state index is 13.5. The Labute approximate surface area is 113 Å². The van der Waals surface area contributed by atoms with Crippen LogP contribution in [0.1, 0.15) is 29.4 Å². The molecule has 1 heterocycles. The van der Waals surface area contributed by atoms with Crippen molar-refractivity contribution in [1.29, 1.82) is 0 Å². The molecule has 0 spiro atoms. The fourth-order valence-electron chi connectivity index (χ4n) is 2.35. The zero-order valence-electron chi connectivity index (χ0n) is 11.7. The molecular formula is C15H20FN3. The lowest BCUT2D eigenvalue weighted by molar-refractivity contribution is 0.530. The molecule has 1 unspecified atom stereocenters. The van der Waals surface area contributed by atoms with Crippen LogP contribution in [-0.2, 0) is 13.5 Å². The molecule has 1 atom stereocenters. The van der Waals surface area contributed by atoms with Crippen molar-refractivity contribution in [3.8, 4) is 0 Å². The summed E-state index contributed by atoms with van der Waals surface area (Å²) >= 11 is 0. The molecule has 1 aromatic heterocycles. The first-order valence-corrected chi connectivity index (χ1v) is 6.50. The summed E-state index contributed by atoms with van der Waals surface area (Å²) in [4.78, 5) is 4.31. The van der Waals surface area contributed by atoms with Crippen LogP contribution >= 0.6 is 0 Å². The van der Waals surface area contributed by atoms with Gasteiger partial charge < -0.3 is 9.88 Å². The Kier molecular flexibility index (Phi) is 4.32. The molecule has 19 heavy (non-hydrogen) atoms. The molecule has 0 aliphatic rings. The standard InChI is InChI=1S/C15H20FN3/c1-11-8-12(10-13(16)9-11)14(17-2)4-5-15-18-6-7-19(15)3/h6-10,14,17H,4-5H2,1-3H3.